The van der Waals surface area contributed by atoms with Crippen LogP contribution in [0.4, 0.5) is 0 Å². The Labute approximate surface area is 94.7 Å². The Balaban J connectivity index is 2.69. The van der Waals surface area contributed by atoms with Gasteiger partial charge in [0.05, 0.1) is 12.2 Å². The lowest BCUT2D eigenvalue weighted by Crippen LogP contribution is -2.19. The summed E-state index contributed by atoms with van der Waals surface area (Å²) in [5.41, 5.74) is 1.08. The number of methoxy groups -OCH3 is 1. The monoisotopic (exact) mass is 268 g/mol. The predicted molar refractivity (Wildman–Crippen MR) is 59.9 cm³/mol. The molecule has 0 aliphatic rings. The van der Waals surface area contributed by atoms with Gasteiger partial charge < -0.3 is 4.74 Å². The second-order valence-corrected chi connectivity index (χ2v) is 4.01. The Morgan fingerprint density at radius 1 is 1.60 bits per heavy atom. The first-order valence-corrected chi connectivity index (χ1v) is 5.16. The summed E-state index contributed by atoms with van der Waals surface area (Å²) in [4.78, 5) is 16.0. The summed E-state index contributed by atoms with van der Waals surface area (Å²) in [6, 6.07) is 3.59. The number of nitrogens with zero attached hydrogens (tertiary/aromatic N) is 2. The van der Waals surface area contributed by atoms with Crippen LogP contribution in [0.5, 0.6) is 0 Å². The van der Waals surface area contributed by atoms with Crippen molar-refractivity contribution in [1.82, 2.24) is 9.38 Å². The average molecular weight is 269 g/mol. The first kappa shape index (κ1) is 10.3. The van der Waals surface area contributed by atoms with E-state index in [2.05, 4.69) is 20.9 Å². The molecule has 0 radical (unpaired) electrons. The Hall–Kier alpha value is -1.20. The number of halogens is 1. The summed E-state index contributed by atoms with van der Waals surface area (Å²) < 4.78 is 7.32. The van der Waals surface area contributed by atoms with Crippen LogP contribution in [0.25, 0.3) is 5.65 Å². The van der Waals surface area contributed by atoms with Crippen LogP contribution in [-0.4, -0.2) is 16.5 Å². The minimum absolute atomic E-state index is 0.0886. The molecule has 78 valence electrons. The van der Waals surface area contributed by atoms with Gasteiger partial charge in [0.25, 0.3) is 5.56 Å². The molecule has 0 fully saturated rings. The third kappa shape index (κ3) is 1.93. The van der Waals surface area contributed by atoms with Crippen molar-refractivity contribution >= 4 is 21.6 Å². The number of fused-ring (bicyclic) bond motifs is 1. The topological polar surface area (TPSA) is 43.6 Å². The van der Waals surface area contributed by atoms with Gasteiger partial charge in [0, 0.05) is 24.0 Å². The molecule has 2 rings (SSSR count). The van der Waals surface area contributed by atoms with Crippen molar-refractivity contribution in [3.05, 3.63) is 44.9 Å². The van der Waals surface area contributed by atoms with Gasteiger partial charge in [-0.15, -0.1) is 0 Å². The maximum Gasteiger partial charge on any atom is 0.263 e. The molecule has 0 unspecified atom stereocenters. The van der Waals surface area contributed by atoms with E-state index in [9.17, 15) is 4.79 Å². The van der Waals surface area contributed by atoms with Gasteiger partial charge >= 0.3 is 0 Å². The zero-order chi connectivity index (χ0) is 10.8. The molecule has 5 heteroatoms. The predicted octanol–water partition coefficient (Wildman–Crippen LogP) is 1.60. The van der Waals surface area contributed by atoms with Gasteiger partial charge in [-0.1, -0.05) is 15.9 Å². The summed E-state index contributed by atoms with van der Waals surface area (Å²) >= 11 is 3.33. The van der Waals surface area contributed by atoms with Gasteiger partial charge in [-0.3, -0.25) is 9.20 Å². The fraction of sp³-hybridized carbons (Fsp3) is 0.200. The molecule has 4 nitrogen and oxygen atoms in total. The van der Waals surface area contributed by atoms with Crippen molar-refractivity contribution in [3.8, 4) is 0 Å². The van der Waals surface area contributed by atoms with Crippen molar-refractivity contribution in [2.45, 2.75) is 6.61 Å². The van der Waals surface area contributed by atoms with Crippen molar-refractivity contribution in [3.63, 3.8) is 0 Å². The van der Waals surface area contributed by atoms with Gasteiger partial charge in [0.1, 0.15) is 5.65 Å². The molecule has 0 bridgehead atoms. The quantitative estimate of drug-likeness (QED) is 0.831. The maximum absolute atomic E-state index is 11.9. The van der Waals surface area contributed by atoms with Crippen molar-refractivity contribution < 1.29 is 4.74 Å². The summed E-state index contributed by atoms with van der Waals surface area (Å²) in [5.74, 6) is 0. The van der Waals surface area contributed by atoms with Crippen LogP contribution < -0.4 is 5.56 Å². The van der Waals surface area contributed by atoms with E-state index in [-0.39, 0.29) is 12.2 Å². The van der Waals surface area contributed by atoms with Crippen molar-refractivity contribution in [2.75, 3.05) is 7.11 Å². The second kappa shape index (κ2) is 4.12. The van der Waals surface area contributed by atoms with Gasteiger partial charge in [-0.25, -0.2) is 4.98 Å². The molecule has 15 heavy (non-hydrogen) atoms. The van der Waals surface area contributed by atoms with Crippen molar-refractivity contribution in [1.29, 1.82) is 0 Å². The zero-order valence-corrected chi connectivity index (χ0v) is 9.69. The highest BCUT2D eigenvalue weighted by Crippen LogP contribution is 2.10. The SMILES string of the molecule is COCc1cnc2cc(Br)ccn2c1=O. The molecule has 0 aromatic carbocycles. The molecular weight excluding hydrogens is 260 g/mol. The number of rotatable bonds is 2. The summed E-state index contributed by atoms with van der Waals surface area (Å²) in [6.45, 7) is 0.283. The average Bonchev–Trinajstić information content (AvgIpc) is 2.22. The van der Waals surface area contributed by atoms with E-state index in [1.54, 1.807) is 31.6 Å². The highest BCUT2D eigenvalue weighted by atomic mass is 79.9. The van der Waals surface area contributed by atoms with E-state index in [0.29, 0.717) is 11.2 Å². The molecule has 2 heterocycles. The molecule has 0 amide bonds. The molecule has 0 saturated carbocycles. The third-order valence-corrected chi connectivity index (χ3v) is 2.54. The molecule has 2 aromatic rings. The van der Waals surface area contributed by atoms with Crippen LogP contribution in [0, 0.1) is 0 Å². The van der Waals surface area contributed by atoms with Gasteiger partial charge in [0.15, 0.2) is 0 Å². The number of ether oxygens (including phenoxy) is 1. The van der Waals surface area contributed by atoms with Crippen LogP contribution >= 0.6 is 15.9 Å². The van der Waals surface area contributed by atoms with Crippen LogP contribution in [-0.2, 0) is 11.3 Å². The fourth-order valence-corrected chi connectivity index (χ4v) is 1.67. The second-order valence-electron chi connectivity index (χ2n) is 3.09. The molecule has 0 saturated heterocycles. The number of hydrogen-bond acceptors (Lipinski definition) is 3. The third-order valence-electron chi connectivity index (χ3n) is 2.04. The molecule has 2 aromatic heterocycles. The van der Waals surface area contributed by atoms with E-state index >= 15 is 0 Å². The largest absolute Gasteiger partial charge is 0.380 e. The normalized spacial score (nSPS) is 10.8. The maximum atomic E-state index is 11.9. The Morgan fingerprint density at radius 3 is 3.13 bits per heavy atom. The van der Waals surface area contributed by atoms with Crippen LogP contribution in [0.1, 0.15) is 5.56 Å². The smallest absolute Gasteiger partial charge is 0.263 e. The summed E-state index contributed by atoms with van der Waals surface area (Å²) in [7, 11) is 1.55. The van der Waals surface area contributed by atoms with E-state index in [1.165, 1.54) is 4.40 Å². The van der Waals surface area contributed by atoms with Crippen LogP contribution in [0.3, 0.4) is 0 Å². The molecule has 0 aliphatic carbocycles. The molecule has 0 atom stereocenters. The molecular formula is C10H9BrN2O2. The van der Waals surface area contributed by atoms with Crippen LogP contribution in [0.15, 0.2) is 33.8 Å². The van der Waals surface area contributed by atoms with Gasteiger partial charge in [-0.2, -0.15) is 0 Å². The van der Waals surface area contributed by atoms with E-state index in [4.69, 9.17) is 4.74 Å². The molecule has 0 aliphatic heterocycles. The lowest BCUT2D eigenvalue weighted by atomic mass is 10.3. The van der Waals surface area contributed by atoms with Crippen LogP contribution in [0.2, 0.25) is 0 Å². The Bertz CT molecular complexity index is 551. The lowest BCUT2D eigenvalue weighted by molar-refractivity contribution is 0.183. The number of hydrogen-bond donors (Lipinski definition) is 0. The first-order chi connectivity index (χ1) is 7.22. The Kier molecular flexibility index (Phi) is 2.83. The van der Waals surface area contributed by atoms with E-state index < -0.39 is 0 Å². The molecule has 0 spiro atoms. The highest BCUT2D eigenvalue weighted by Gasteiger charge is 2.04. The van der Waals surface area contributed by atoms with E-state index in [1.807, 2.05) is 0 Å². The summed E-state index contributed by atoms with van der Waals surface area (Å²) in [5, 5.41) is 0. The minimum atomic E-state index is -0.0886. The Morgan fingerprint density at radius 2 is 2.40 bits per heavy atom. The standard InChI is InChI=1S/C10H9BrN2O2/c1-15-6-7-5-12-9-4-8(11)2-3-13(9)10(7)14/h2-5H,6H2,1H3. The van der Waals surface area contributed by atoms with Gasteiger partial charge in [0.2, 0.25) is 0 Å². The fourth-order valence-electron chi connectivity index (χ4n) is 1.34. The molecule has 0 N–H and O–H groups in total. The lowest BCUT2D eigenvalue weighted by Gasteiger charge is -2.03. The highest BCUT2D eigenvalue weighted by molar-refractivity contribution is 9.10. The van der Waals surface area contributed by atoms with Crippen molar-refractivity contribution in [2.24, 2.45) is 0 Å². The number of pyridine rings is 1. The summed E-state index contributed by atoms with van der Waals surface area (Å²) in [6.07, 6.45) is 3.24. The number of aromatic nitrogens is 2. The van der Waals surface area contributed by atoms with Gasteiger partial charge in [-0.05, 0) is 12.1 Å². The zero-order valence-electron chi connectivity index (χ0n) is 8.11. The van der Waals surface area contributed by atoms with E-state index in [0.717, 1.165) is 4.47 Å². The minimum Gasteiger partial charge on any atom is -0.380 e. The first-order valence-electron chi connectivity index (χ1n) is 4.37.